The molecule has 0 radical (unpaired) electrons. The molecule has 5 nitrogen and oxygen atoms in total. The lowest BCUT2D eigenvalue weighted by Gasteiger charge is -2.31. The smallest absolute Gasteiger partial charge is 0.239 e. The molecule has 1 unspecified atom stereocenters. The molecule has 1 aromatic rings. The van der Waals surface area contributed by atoms with Gasteiger partial charge in [0.2, 0.25) is 5.91 Å². The van der Waals surface area contributed by atoms with Crippen LogP contribution in [0.1, 0.15) is 24.1 Å². The second-order valence-electron chi connectivity index (χ2n) is 6.14. The summed E-state index contributed by atoms with van der Waals surface area (Å²) in [7, 11) is 4.06. The van der Waals surface area contributed by atoms with Crippen LogP contribution in [0.2, 0.25) is 0 Å². The van der Waals surface area contributed by atoms with Gasteiger partial charge in [-0.15, -0.1) is 24.8 Å². The lowest BCUT2D eigenvalue weighted by atomic mass is 10.0. The maximum absolute atomic E-state index is 12.3. The summed E-state index contributed by atoms with van der Waals surface area (Å²) in [5.41, 5.74) is 2.44. The summed E-state index contributed by atoms with van der Waals surface area (Å²) in [6.45, 7) is 5.97. The van der Waals surface area contributed by atoms with Crippen LogP contribution in [0.15, 0.2) is 24.3 Å². The van der Waals surface area contributed by atoms with Crippen LogP contribution in [0.3, 0.4) is 0 Å². The van der Waals surface area contributed by atoms with Crippen LogP contribution in [0.25, 0.3) is 0 Å². The first-order valence-corrected chi connectivity index (χ1v) is 7.84. The largest absolute Gasteiger partial charge is 0.375 e. The van der Waals surface area contributed by atoms with Gasteiger partial charge < -0.3 is 20.3 Å². The van der Waals surface area contributed by atoms with Crippen LogP contribution in [0.5, 0.6) is 0 Å². The number of benzene rings is 1. The Bertz CT molecular complexity index is 497. The van der Waals surface area contributed by atoms with Crippen molar-refractivity contribution in [2.45, 2.75) is 32.0 Å². The van der Waals surface area contributed by atoms with Crippen LogP contribution >= 0.6 is 24.8 Å². The molecule has 1 aliphatic rings. The van der Waals surface area contributed by atoms with Gasteiger partial charge in [0.1, 0.15) is 6.04 Å². The summed E-state index contributed by atoms with van der Waals surface area (Å²) in [4.78, 5) is 14.5. The van der Waals surface area contributed by atoms with Crippen molar-refractivity contribution in [1.29, 1.82) is 0 Å². The third-order valence-electron chi connectivity index (χ3n) is 4.15. The van der Waals surface area contributed by atoms with Gasteiger partial charge in [0.05, 0.1) is 18.8 Å². The number of likely N-dealkylation sites (N-methyl/N-ethyl adjacent to an activating group) is 1. The fraction of sp³-hybridized carbons (Fsp3) is 0.588. The number of hydrogen-bond donors (Lipinski definition) is 2. The number of carbonyl (C=O) groups is 1. The molecule has 1 aromatic carbocycles. The van der Waals surface area contributed by atoms with E-state index in [0.717, 1.165) is 6.54 Å². The second-order valence-corrected chi connectivity index (χ2v) is 6.14. The molecule has 2 rings (SSSR count). The number of ether oxygens (including phenoxy) is 1. The molecule has 7 heteroatoms. The van der Waals surface area contributed by atoms with E-state index in [1.54, 1.807) is 0 Å². The van der Waals surface area contributed by atoms with Gasteiger partial charge in [-0.25, -0.2) is 0 Å². The van der Waals surface area contributed by atoms with Gasteiger partial charge in [0.15, 0.2) is 0 Å². The lowest BCUT2D eigenvalue weighted by Crippen LogP contribution is -2.56. The average molecular weight is 378 g/mol. The highest BCUT2D eigenvalue weighted by Gasteiger charge is 2.28. The van der Waals surface area contributed by atoms with E-state index < -0.39 is 0 Å². The van der Waals surface area contributed by atoms with Crippen molar-refractivity contribution in [3.8, 4) is 0 Å². The third-order valence-corrected chi connectivity index (χ3v) is 4.15. The predicted octanol–water partition coefficient (Wildman–Crippen LogP) is 1.93. The Balaban J connectivity index is 0.00000264. The van der Waals surface area contributed by atoms with E-state index in [9.17, 15) is 4.79 Å². The molecule has 3 atom stereocenters. The zero-order valence-electron chi connectivity index (χ0n) is 14.7. The molecular weight excluding hydrogens is 349 g/mol. The van der Waals surface area contributed by atoms with Gasteiger partial charge in [-0.05, 0) is 33.5 Å². The van der Waals surface area contributed by atoms with Gasteiger partial charge in [-0.1, -0.05) is 29.8 Å². The highest BCUT2D eigenvalue weighted by molar-refractivity contribution is 5.85. The zero-order valence-corrected chi connectivity index (χ0v) is 16.4. The fourth-order valence-electron chi connectivity index (χ4n) is 2.72. The minimum atomic E-state index is -0.269. The van der Waals surface area contributed by atoms with E-state index in [0.29, 0.717) is 13.2 Å². The molecule has 1 amide bonds. The SMILES string of the molecule is Cc1ccc(C(CNC(=O)[C@H]2NCCO[C@@H]2C)N(C)C)cc1.Cl.Cl. The first kappa shape index (κ1) is 23.1. The van der Waals surface area contributed by atoms with Crippen LogP contribution in [0.4, 0.5) is 0 Å². The highest BCUT2D eigenvalue weighted by Crippen LogP contribution is 2.18. The number of halogens is 2. The van der Waals surface area contributed by atoms with E-state index in [1.807, 2.05) is 21.0 Å². The molecule has 1 fully saturated rings. The summed E-state index contributed by atoms with van der Waals surface area (Å²) in [5.74, 6) is 0.00571. The molecule has 138 valence electrons. The number of rotatable bonds is 5. The van der Waals surface area contributed by atoms with Crippen molar-refractivity contribution >= 4 is 30.7 Å². The molecule has 0 spiro atoms. The molecule has 24 heavy (non-hydrogen) atoms. The quantitative estimate of drug-likeness (QED) is 0.822. The standard InChI is InChI=1S/C17H27N3O2.2ClH/c1-12-5-7-14(8-6-12)15(20(3)4)11-19-17(21)16-13(2)22-10-9-18-16;;/h5-8,13,15-16,18H,9-11H2,1-4H3,(H,19,21);2*1H/t13-,15?,16+;;/m1../s1. The molecule has 2 N–H and O–H groups in total. The number of nitrogens with zero attached hydrogens (tertiary/aromatic N) is 1. The number of hydrogen-bond acceptors (Lipinski definition) is 4. The zero-order chi connectivity index (χ0) is 16.1. The monoisotopic (exact) mass is 377 g/mol. The van der Waals surface area contributed by atoms with E-state index in [-0.39, 0.29) is 48.9 Å². The molecule has 1 heterocycles. The summed E-state index contributed by atoms with van der Waals surface area (Å²) in [6, 6.07) is 8.34. The normalized spacial score (nSPS) is 21.4. The number of nitrogens with one attached hydrogen (secondary N) is 2. The van der Waals surface area contributed by atoms with Crippen LogP contribution < -0.4 is 10.6 Å². The second kappa shape index (κ2) is 10.9. The molecule has 0 aromatic heterocycles. The van der Waals surface area contributed by atoms with Crippen LogP contribution in [-0.4, -0.2) is 56.7 Å². The fourth-order valence-corrected chi connectivity index (χ4v) is 2.72. The van der Waals surface area contributed by atoms with E-state index in [2.05, 4.69) is 46.7 Å². The summed E-state index contributed by atoms with van der Waals surface area (Å²) >= 11 is 0. The minimum Gasteiger partial charge on any atom is -0.375 e. The molecule has 1 saturated heterocycles. The maximum Gasteiger partial charge on any atom is 0.239 e. The van der Waals surface area contributed by atoms with Gasteiger partial charge in [-0.3, -0.25) is 4.79 Å². The van der Waals surface area contributed by atoms with Gasteiger partial charge in [0.25, 0.3) is 0 Å². The Morgan fingerprint density at radius 2 is 1.96 bits per heavy atom. The average Bonchev–Trinajstić information content (AvgIpc) is 2.49. The number of aryl methyl sites for hydroxylation is 1. The topological polar surface area (TPSA) is 53.6 Å². The number of amides is 1. The first-order chi connectivity index (χ1) is 10.5. The number of morpholine rings is 1. The van der Waals surface area contributed by atoms with Crippen molar-refractivity contribution < 1.29 is 9.53 Å². The van der Waals surface area contributed by atoms with E-state index in [1.165, 1.54) is 11.1 Å². The Kier molecular flexibility index (Phi) is 10.5. The maximum atomic E-state index is 12.3. The predicted molar refractivity (Wildman–Crippen MR) is 102 cm³/mol. The Morgan fingerprint density at radius 3 is 2.50 bits per heavy atom. The third kappa shape index (κ3) is 6.22. The van der Waals surface area contributed by atoms with Gasteiger partial charge in [-0.2, -0.15) is 0 Å². The van der Waals surface area contributed by atoms with Crippen molar-refractivity contribution in [3.63, 3.8) is 0 Å². The molecule has 0 aliphatic carbocycles. The van der Waals surface area contributed by atoms with Crippen molar-refractivity contribution in [3.05, 3.63) is 35.4 Å². The highest BCUT2D eigenvalue weighted by atomic mass is 35.5. The lowest BCUT2D eigenvalue weighted by molar-refractivity contribution is -0.129. The summed E-state index contributed by atoms with van der Waals surface area (Å²) in [6.07, 6.45) is -0.0917. The molecular formula is C17H29Cl2N3O2. The van der Waals surface area contributed by atoms with Gasteiger partial charge in [0, 0.05) is 13.1 Å². The van der Waals surface area contributed by atoms with Crippen molar-refractivity contribution in [2.75, 3.05) is 33.8 Å². The minimum absolute atomic E-state index is 0. The summed E-state index contributed by atoms with van der Waals surface area (Å²) in [5, 5.41) is 6.27. The number of carbonyl (C=O) groups excluding carboxylic acids is 1. The van der Waals surface area contributed by atoms with E-state index >= 15 is 0 Å². The van der Waals surface area contributed by atoms with Crippen LogP contribution in [-0.2, 0) is 9.53 Å². The Hall–Kier alpha value is -0.850. The van der Waals surface area contributed by atoms with E-state index in [4.69, 9.17) is 4.74 Å². The van der Waals surface area contributed by atoms with Gasteiger partial charge >= 0.3 is 0 Å². The summed E-state index contributed by atoms with van der Waals surface area (Å²) < 4.78 is 5.53. The molecule has 0 bridgehead atoms. The van der Waals surface area contributed by atoms with Crippen molar-refractivity contribution in [2.24, 2.45) is 0 Å². The molecule has 1 aliphatic heterocycles. The first-order valence-electron chi connectivity index (χ1n) is 7.84. The Morgan fingerprint density at radius 1 is 1.33 bits per heavy atom. The Labute approximate surface area is 157 Å². The van der Waals surface area contributed by atoms with Crippen LogP contribution in [0, 0.1) is 6.92 Å². The van der Waals surface area contributed by atoms with Crippen molar-refractivity contribution in [1.82, 2.24) is 15.5 Å². The molecule has 0 saturated carbocycles.